The summed E-state index contributed by atoms with van der Waals surface area (Å²) >= 11 is 0. The van der Waals surface area contributed by atoms with Crippen LogP contribution in [-0.2, 0) is 14.8 Å². The average molecular weight is 408 g/mol. The zero-order valence-corrected chi connectivity index (χ0v) is 18.0. The molecule has 2 saturated heterocycles. The van der Waals surface area contributed by atoms with Gasteiger partial charge in [0.15, 0.2) is 0 Å². The van der Waals surface area contributed by atoms with Gasteiger partial charge < -0.3 is 10.2 Å². The molecule has 2 heterocycles. The van der Waals surface area contributed by atoms with Crippen molar-refractivity contribution >= 4 is 21.6 Å². The molecule has 0 spiro atoms. The first-order valence-corrected chi connectivity index (χ1v) is 12.2. The summed E-state index contributed by atoms with van der Waals surface area (Å²) in [6, 6.07) is 8.45. The molecule has 0 unspecified atom stereocenters. The SMILES string of the molecule is C[C@@H]1CCCN(c2ccc([C@@H](C)NC(=O)C3CCN(S(C)(=O)=O)CC3)cc2)C1. The van der Waals surface area contributed by atoms with Gasteiger partial charge in [0.1, 0.15) is 0 Å². The lowest BCUT2D eigenvalue weighted by Gasteiger charge is -2.33. The number of nitrogens with one attached hydrogen (secondary N) is 1. The van der Waals surface area contributed by atoms with Crippen LogP contribution >= 0.6 is 0 Å². The highest BCUT2D eigenvalue weighted by atomic mass is 32.2. The summed E-state index contributed by atoms with van der Waals surface area (Å²) < 4.78 is 24.7. The summed E-state index contributed by atoms with van der Waals surface area (Å²) in [5.41, 5.74) is 2.35. The zero-order chi connectivity index (χ0) is 20.3. The molecule has 2 aliphatic heterocycles. The van der Waals surface area contributed by atoms with Gasteiger partial charge in [-0.15, -0.1) is 0 Å². The van der Waals surface area contributed by atoms with E-state index in [4.69, 9.17) is 0 Å². The van der Waals surface area contributed by atoms with E-state index in [1.807, 2.05) is 6.92 Å². The van der Waals surface area contributed by atoms with E-state index in [-0.39, 0.29) is 17.9 Å². The van der Waals surface area contributed by atoms with E-state index >= 15 is 0 Å². The molecule has 3 rings (SSSR count). The van der Waals surface area contributed by atoms with Gasteiger partial charge in [0.05, 0.1) is 12.3 Å². The standard InChI is InChI=1S/C21H33N3O3S/c1-16-5-4-12-23(15-16)20-8-6-18(7-9-20)17(2)22-21(25)19-10-13-24(14-11-19)28(3,26)27/h6-9,16-17,19H,4-5,10-15H2,1-3H3,(H,22,25)/t16-,17-/m1/s1. The molecule has 1 aromatic rings. The Balaban J connectivity index is 1.53. The second-order valence-corrected chi connectivity index (χ2v) is 10.4. The number of amides is 1. The zero-order valence-electron chi connectivity index (χ0n) is 17.2. The van der Waals surface area contributed by atoms with Crippen LogP contribution in [0.1, 0.15) is 51.1 Å². The number of piperidine rings is 2. The highest BCUT2D eigenvalue weighted by Gasteiger charge is 2.29. The Morgan fingerprint density at radius 2 is 1.75 bits per heavy atom. The maximum absolute atomic E-state index is 12.6. The van der Waals surface area contributed by atoms with Crippen LogP contribution in [0.15, 0.2) is 24.3 Å². The smallest absolute Gasteiger partial charge is 0.223 e. The van der Waals surface area contributed by atoms with Crippen molar-refractivity contribution in [3.05, 3.63) is 29.8 Å². The van der Waals surface area contributed by atoms with Crippen molar-refractivity contribution in [1.82, 2.24) is 9.62 Å². The number of carbonyl (C=O) groups excluding carboxylic acids is 1. The van der Waals surface area contributed by atoms with Crippen molar-refractivity contribution in [1.29, 1.82) is 0 Å². The minimum Gasteiger partial charge on any atom is -0.371 e. The predicted octanol–water partition coefficient (Wildman–Crippen LogP) is 2.77. The lowest BCUT2D eigenvalue weighted by molar-refractivity contribution is -0.126. The molecule has 1 amide bonds. The maximum Gasteiger partial charge on any atom is 0.223 e. The average Bonchev–Trinajstić information content (AvgIpc) is 2.67. The molecule has 2 aliphatic rings. The predicted molar refractivity (Wildman–Crippen MR) is 113 cm³/mol. The quantitative estimate of drug-likeness (QED) is 0.815. The van der Waals surface area contributed by atoms with E-state index in [0.717, 1.165) is 24.6 Å². The molecule has 0 radical (unpaired) electrons. The molecule has 0 aliphatic carbocycles. The molecule has 2 atom stereocenters. The molecule has 0 bridgehead atoms. The monoisotopic (exact) mass is 407 g/mol. The summed E-state index contributed by atoms with van der Waals surface area (Å²) in [6.07, 6.45) is 4.94. The molecule has 28 heavy (non-hydrogen) atoms. The number of nitrogens with zero attached hydrogens (tertiary/aromatic N) is 2. The molecule has 1 N–H and O–H groups in total. The van der Waals surface area contributed by atoms with Gasteiger partial charge in [-0.1, -0.05) is 19.1 Å². The molecule has 0 saturated carbocycles. The van der Waals surface area contributed by atoms with Crippen LogP contribution in [0.4, 0.5) is 5.69 Å². The van der Waals surface area contributed by atoms with Crippen LogP contribution < -0.4 is 10.2 Å². The minimum absolute atomic E-state index is 0.0228. The third kappa shape index (κ3) is 5.26. The first-order chi connectivity index (χ1) is 13.2. The van der Waals surface area contributed by atoms with Gasteiger partial charge in [-0.25, -0.2) is 12.7 Å². The van der Waals surface area contributed by atoms with E-state index in [2.05, 4.69) is 41.4 Å². The van der Waals surface area contributed by atoms with Crippen molar-refractivity contribution < 1.29 is 13.2 Å². The Hall–Kier alpha value is -1.60. The number of hydrogen-bond donors (Lipinski definition) is 1. The summed E-state index contributed by atoms with van der Waals surface area (Å²) in [6.45, 7) is 7.38. The Kier molecular flexibility index (Phi) is 6.65. The van der Waals surface area contributed by atoms with Gasteiger partial charge in [0.2, 0.25) is 15.9 Å². The van der Waals surface area contributed by atoms with Gasteiger partial charge in [-0.3, -0.25) is 4.79 Å². The molecule has 2 fully saturated rings. The normalized spacial score (nSPS) is 23.4. The van der Waals surface area contributed by atoms with E-state index in [1.165, 1.54) is 29.1 Å². The first kappa shape index (κ1) is 21.1. The van der Waals surface area contributed by atoms with Crippen molar-refractivity contribution in [3.63, 3.8) is 0 Å². The van der Waals surface area contributed by atoms with Crippen molar-refractivity contribution in [2.24, 2.45) is 11.8 Å². The van der Waals surface area contributed by atoms with Gasteiger partial charge in [-0.2, -0.15) is 0 Å². The third-order valence-corrected chi connectivity index (χ3v) is 7.37. The van der Waals surface area contributed by atoms with Crippen molar-refractivity contribution in [3.8, 4) is 0 Å². The fourth-order valence-corrected chi connectivity index (χ4v) is 5.14. The number of rotatable bonds is 5. The van der Waals surface area contributed by atoms with Crippen LogP contribution in [0, 0.1) is 11.8 Å². The fraction of sp³-hybridized carbons (Fsp3) is 0.667. The number of benzene rings is 1. The number of carbonyl (C=O) groups is 1. The Morgan fingerprint density at radius 1 is 1.11 bits per heavy atom. The highest BCUT2D eigenvalue weighted by Crippen LogP contribution is 2.25. The third-order valence-electron chi connectivity index (χ3n) is 6.07. The number of sulfonamides is 1. The van der Waals surface area contributed by atoms with Gasteiger partial charge >= 0.3 is 0 Å². The lowest BCUT2D eigenvalue weighted by atomic mass is 9.96. The second kappa shape index (κ2) is 8.82. The molecular formula is C21H33N3O3S. The fourth-order valence-electron chi connectivity index (χ4n) is 4.26. The largest absolute Gasteiger partial charge is 0.371 e. The molecule has 6 nitrogen and oxygen atoms in total. The number of anilines is 1. The first-order valence-electron chi connectivity index (χ1n) is 10.3. The van der Waals surface area contributed by atoms with Gasteiger partial charge in [0, 0.05) is 37.8 Å². The van der Waals surface area contributed by atoms with Crippen LogP contribution in [0.2, 0.25) is 0 Å². The minimum atomic E-state index is -3.16. The topological polar surface area (TPSA) is 69.7 Å². The van der Waals surface area contributed by atoms with Crippen molar-refractivity contribution in [2.45, 2.75) is 45.6 Å². The van der Waals surface area contributed by atoms with Crippen LogP contribution in [0.5, 0.6) is 0 Å². The van der Waals surface area contributed by atoms with E-state index in [0.29, 0.717) is 25.9 Å². The summed E-state index contributed by atoms with van der Waals surface area (Å²) in [4.78, 5) is 15.0. The van der Waals surface area contributed by atoms with Crippen LogP contribution in [0.3, 0.4) is 0 Å². The maximum atomic E-state index is 12.6. The summed E-state index contributed by atoms with van der Waals surface area (Å²) in [7, 11) is -3.16. The summed E-state index contributed by atoms with van der Waals surface area (Å²) in [5.74, 6) is 0.643. The van der Waals surface area contributed by atoms with Crippen LogP contribution in [-0.4, -0.2) is 51.1 Å². The highest BCUT2D eigenvalue weighted by molar-refractivity contribution is 7.88. The lowest BCUT2D eigenvalue weighted by Crippen LogP contribution is -2.43. The second-order valence-electron chi connectivity index (χ2n) is 8.45. The van der Waals surface area contributed by atoms with Crippen molar-refractivity contribution in [2.75, 3.05) is 37.3 Å². The molecule has 156 valence electrons. The molecule has 7 heteroatoms. The Bertz CT molecular complexity index is 771. The van der Waals surface area contributed by atoms with E-state index in [1.54, 1.807) is 0 Å². The van der Waals surface area contributed by atoms with Crippen LogP contribution in [0.25, 0.3) is 0 Å². The van der Waals surface area contributed by atoms with E-state index < -0.39 is 10.0 Å². The Labute approximate surface area is 169 Å². The van der Waals surface area contributed by atoms with Gasteiger partial charge in [-0.05, 0) is 56.2 Å². The Morgan fingerprint density at radius 3 is 2.32 bits per heavy atom. The van der Waals surface area contributed by atoms with E-state index in [9.17, 15) is 13.2 Å². The molecule has 1 aromatic carbocycles. The number of hydrogen-bond acceptors (Lipinski definition) is 4. The molecular weight excluding hydrogens is 374 g/mol. The van der Waals surface area contributed by atoms with Gasteiger partial charge in [0.25, 0.3) is 0 Å². The summed E-state index contributed by atoms with van der Waals surface area (Å²) in [5, 5.41) is 3.11. The molecule has 0 aromatic heterocycles.